The van der Waals surface area contributed by atoms with Crippen LogP contribution in [-0.2, 0) is 0 Å². The monoisotopic (exact) mass is 300 g/mol. The lowest BCUT2D eigenvalue weighted by Crippen LogP contribution is -2.13. The van der Waals surface area contributed by atoms with E-state index in [1.165, 1.54) is 0 Å². The number of nitrogens with one attached hydrogen (secondary N) is 2. The molecule has 0 fully saturated rings. The summed E-state index contributed by atoms with van der Waals surface area (Å²) in [5.74, 6) is 0.139. The van der Waals surface area contributed by atoms with Gasteiger partial charge in [-0.25, -0.2) is 0 Å². The zero-order chi connectivity index (χ0) is 16.1. The highest BCUT2D eigenvalue weighted by Crippen LogP contribution is 2.35. The highest BCUT2D eigenvalue weighted by Gasteiger charge is 2.20. The van der Waals surface area contributed by atoms with Gasteiger partial charge in [-0.05, 0) is 6.07 Å². The molecule has 4 N–H and O–H groups in total. The Morgan fingerprint density at radius 1 is 1.13 bits per heavy atom. The maximum absolute atomic E-state index is 9.50. The van der Waals surface area contributed by atoms with E-state index in [1.54, 1.807) is 12.1 Å². The first-order valence-electron chi connectivity index (χ1n) is 6.67. The van der Waals surface area contributed by atoms with E-state index in [0.717, 1.165) is 0 Å². The minimum absolute atomic E-state index is 0.0594. The van der Waals surface area contributed by atoms with Gasteiger partial charge in [0.2, 0.25) is 5.71 Å². The van der Waals surface area contributed by atoms with Crippen molar-refractivity contribution in [3.05, 3.63) is 40.9 Å². The number of nitrogens with zero attached hydrogens (tertiary/aromatic N) is 3. The van der Waals surface area contributed by atoms with E-state index >= 15 is 0 Å². The number of rotatable bonds is 0. The highest BCUT2D eigenvalue weighted by molar-refractivity contribution is 6.19. The van der Waals surface area contributed by atoms with Crippen molar-refractivity contribution in [2.45, 2.75) is 0 Å². The summed E-state index contributed by atoms with van der Waals surface area (Å²) >= 11 is 0. The van der Waals surface area contributed by atoms with E-state index in [9.17, 15) is 10.5 Å². The third-order valence-corrected chi connectivity index (χ3v) is 3.78. The van der Waals surface area contributed by atoms with E-state index in [0.29, 0.717) is 27.3 Å². The summed E-state index contributed by atoms with van der Waals surface area (Å²) in [5.41, 5.74) is 7.15. The first-order chi connectivity index (χ1) is 11.2. The number of aromatic nitrogens is 2. The van der Waals surface area contributed by atoms with Crippen molar-refractivity contribution in [3.63, 3.8) is 0 Å². The second-order valence-corrected chi connectivity index (χ2v) is 5.00. The molecule has 4 rings (SSSR count). The molecular weight excluding hydrogens is 292 g/mol. The van der Waals surface area contributed by atoms with Crippen LogP contribution >= 0.6 is 0 Å². The van der Waals surface area contributed by atoms with Crippen LogP contribution in [0.2, 0.25) is 0 Å². The fraction of sp³-hybridized carbons (Fsp3) is 0. The van der Waals surface area contributed by atoms with Gasteiger partial charge in [-0.1, -0.05) is 18.2 Å². The molecule has 0 unspecified atom stereocenters. The molecule has 23 heavy (non-hydrogen) atoms. The molecule has 0 bridgehead atoms. The molecule has 7 nitrogen and oxygen atoms in total. The first kappa shape index (κ1) is 12.9. The molecule has 3 aromatic heterocycles. The SMILES string of the molecule is N#Cc1c(=N)nc2oc3ccccc3c3c(C#N)c(N)[nH]c1c23. The van der Waals surface area contributed by atoms with Crippen LogP contribution in [0, 0.1) is 28.1 Å². The summed E-state index contributed by atoms with van der Waals surface area (Å²) in [6.07, 6.45) is 0. The van der Waals surface area contributed by atoms with Gasteiger partial charge in [0.1, 0.15) is 34.7 Å². The molecule has 0 saturated heterocycles. The van der Waals surface area contributed by atoms with E-state index in [2.05, 4.69) is 16.0 Å². The minimum Gasteiger partial charge on any atom is -0.438 e. The van der Waals surface area contributed by atoms with Gasteiger partial charge in [0.15, 0.2) is 5.49 Å². The number of pyridine rings is 2. The molecule has 0 atom stereocenters. The number of para-hydroxylation sites is 1. The summed E-state index contributed by atoms with van der Waals surface area (Å²) in [7, 11) is 0. The highest BCUT2D eigenvalue weighted by atomic mass is 16.3. The maximum atomic E-state index is 9.50. The molecule has 3 heterocycles. The third-order valence-electron chi connectivity index (χ3n) is 3.78. The number of anilines is 1. The van der Waals surface area contributed by atoms with Gasteiger partial charge in [-0.15, -0.1) is 0 Å². The third kappa shape index (κ3) is 1.56. The number of benzene rings is 1. The number of fused-ring (bicyclic) bond motifs is 2. The Morgan fingerprint density at radius 3 is 2.61 bits per heavy atom. The summed E-state index contributed by atoms with van der Waals surface area (Å²) in [5, 5.41) is 28.5. The number of aromatic amines is 1. The van der Waals surface area contributed by atoms with E-state index in [1.807, 2.05) is 18.2 Å². The van der Waals surface area contributed by atoms with E-state index in [-0.39, 0.29) is 28.1 Å². The van der Waals surface area contributed by atoms with Crippen molar-refractivity contribution in [3.8, 4) is 12.1 Å². The lowest BCUT2D eigenvalue weighted by Gasteiger charge is -2.12. The zero-order valence-corrected chi connectivity index (χ0v) is 11.6. The predicted octanol–water partition coefficient (Wildman–Crippen LogP) is 2.27. The van der Waals surface area contributed by atoms with Crippen LogP contribution in [0.15, 0.2) is 28.7 Å². The van der Waals surface area contributed by atoms with Crippen molar-refractivity contribution < 1.29 is 4.42 Å². The number of nitrogen functional groups attached to an aromatic ring is 1. The molecule has 0 aliphatic heterocycles. The largest absolute Gasteiger partial charge is 0.438 e. The number of hydrogen-bond acceptors (Lipinski definition) is 6. The molecule has 0 aliphatic carbocycles. The van der Waals surface area contributed by atoms with Crippen LogP contribution < -0.4 is 11.2 Å². The van der Waals surface area contributed by atoms with Crippen LogP contribution in [0.25, 0.3) is 33.0 Å². The lowest BCUT2D eigenvalue weighted by atomic mass is 10.0. The normalized spacial score (nSPS) is 10.9. The number of nitrogens with two attached hydrogens (primary N) is 1. The summed E-state index contributed by atoms with van der Waals surface area (Å²) in [4.78, 5) is 6.90. The fourth-order valence-corrected chi connectivity index (χ4v) is 2.81. The van der Waals surface area contributed by atoms with Crippen molar-refractivity contribution in [1.29, 1.82) is 15.9 Å². The molecule has 4 aromatic rings. The first-order valence-corrected chi connectivity index (χ1v) is 6.67. The van der Waals surface area contributed by atoms with Gasteiger partial charge in [-0.3, -0.25) is 5.41 Å². The molecule has 0 amide bonds. The van der Waals surface area contributed by atoms with E-state index in [4.69, 9.17) is 15.6 Å². The Hall–Kier alpha value is -3.84. The standard InChI is InChI=1S/C16H8N6O/c17-5-8-11-7-3-1-2-4-10(7)23-16-12(11)13(21-14(8)19)9(6-18)15(20)22-16/h1-4,20-21H,19H2. The topological polar surface area (TPSA) is 139 Å². The Morgan fingerprint density at radius 2 is 1.87 bits per heavy atom. The minimum atomic E-state index is -0.208. The number of nitriles is 2. The Kier molecular flexibility index (Phi) is 2.42. The molecule has 7 heteroatoms. The molecular formula is C16H8N6O. The van der Waals surface area contributed by atoms with Crippen LogP contribution in [-0.4, -0.2) is 9.97 Å². The van der Waals surface area contributed by atoms with Crippen molar-refractivity contribution >= 4 is 38.8 Å². The Bertz CT molecular complexity index is 1270. The average Bonchev–Trinajstić information content (AvgIpc) is 2.54. The predicted molar refractivity (Wildman–Crippen MR) is 83.1 cm³/mol. The molecule has 0 saturated carbocycles. The Balaban J connectivity index is 2.51. The summed E-state index contributed by atoms with van der Waals surface area (Å²) in [6.45, 7) is 0. The van der Waals surface area contributed by atoms with E-state index < -0.39 is 0 Å². The van der Waals surface area contributed by atoms with Gasteiger partial charge in [0.05, 0.1) is 10.9 Å². The Labute approximate surface area is 128 Å². The average molecular weight is 300 g/mol. The van der Waals surface area contributed by atoms with Gasteiger partial charge >= 0.3 is 0 Å². The molecule has 0 aliphatic rings. The van der Waals surface area contributed by atoms with Gasteiger partial charge in [-0.2, -0.15) is 15.5 Å². The molecule has 0 spiro atoms. The summed E-state index contributed by atoms with van der Waals surface area (Å²) < 4.78 is 5.76. The van der Waals surface area contributed by atoms with Crippen LogP contribution in [0.3, 0.4) is 0 Å². The maximum Gasteiger partial charge on any atom is 0.231 e. The van der Waals surface area contributed by atoms with Crippen LogP contribution in [0.4, 0.5) is 5.82 Å². The second-order valence-electron chi connectivity index (χ2n) is 5.00. The van der Waals surface area contributed by atoms with Crippen molar-refractivity contribution in [2.75, 3.05) is 5.73 Å². The molecule has 1 aromatic carbocycles. The van der Waals surface area contributed by atoms with Gasteiger partial charge in [0.25, 0.3) is 0 Å². The summed E-state index contributed by atoms with van der Waals surface area (Å²) in [6, 6.07) is 11.2. The number of hydrogen-bond donors (Lipinski definition) is 3. The molecule has 108 valence electrons. The van der Waals surface area contributed by atoms with Crippen LogP contribution in [0.1, 0.15) is 11.1 Å². The van der Waals surface area contributed by atoms with Crippen LogP contribution in [0.5, 0.6) is 0 Å². The fourth-order valence-electron chi connectivity index (χ4n) is 2.81. The van der Waals surface area contributed by atoms with Gasteiger partial charge in [0, 0.05) is 10.8 Å². The number of H-pyrrole nitrogens is 1. The van der Waals surface area contributed by atoms with Crippen molar-refractivity contribution in [2.24, 2.45) is 0 Å². The zero-order valence-electron chi connectivity index (χ0n) is 11.6. The van der Waals surface area contributed by atoms with Gasteiger partial charge < -0.3 is 15.1 Å². The quantitative estimate of drug-likeness (QED) is 0.337. The smallest absolute Gasteiger partial charge is 0.231 e. The second kappa shape index (κ2) is 4.33. The van der Waals surface area contributed by atoms with Crippen molar-refractivity contribution in [1.82, 2.24) is 9.97 Å². The molecule has 0 radical (unpaired) electrons. The lowest BCUT2D eigenvalue weighted by molar-refractivity contribution is 0.643.